The number of carbonyl (C=O) groups is 1. The Labute approximate surface area is 146 Å². The number of benzene rings is 1. The van der Waals surface area contributed by atoms with Crippen LogP contribution in [0.4, 0.5) is 5.69 Å². The van der Waals surface area contributed by atoms with Crippen LogP contribution in [0.25, 0.3) is 0 Å². The van der Waals surface area contributed by atoms with E-state index in [1.807, 2.05) is 32.0 Å². The molecule has 0 unspecified atom stereocenters. The quantitative estimate of drug-likeness (QED) is 0.839. The summed E-state index contributed by atoms with van der Waals surface area (Å²) in [4.78, 5) is 16.8. The minimum Gasteiger partial charge on any atom is -0.497 e. The van der Waals surface area contributed by atoms with Crippen LogP contribution in [0.5, 0.6) is 5.75 Å². The van der Waals surface area contributed by atoms with Gasteiger partial charge in [0, 0.05) is 17.4 Å². The van der Waals surface area contributed by atoms with Crippen molar-refractivity contribution in [1.82, 2.24) is 4.98 Å². The second kappa shape index (κ2) is 7.84. The molecule has 5 nitrogen and oxygen atoms in total. The van der Waals surface area contributed by atoms with Crippen LogP contribution in [0.1, 0.15) is 23.7 Å². The lowest BCUT2D eigenvalue weighted by Gasteiger charge is -2.14. The minimum atomic E-state index is -0.392. The van der Waals surface area contributed by atoms with E-state index in [9.17, 15) is 10.1 Å². The standard InChI is InChI=1S/C18H19N3O2S/c1-11-8-12(2)20-18(16(11)10-19)24-13(3)17(22)21-14-6-5-7-15(9-14)23-4/h5-9,13H,1-4H3,(H,21,22)/t13-/m0/s1. The monoisotopic (exact) mass is 341 g/mol. The highest BCUT2D eigenvalue weighted by Gasteiger charge is 2.19. The summed E-state index contributed by atoms with van der Waals surface area (Å²) in [5.41, 5.74) is 2.88. The second-order valence-corrected chi connectivity index (χ2v) is 6.68. The lowest BCUT2D eigenvalue weighted by atomic mass is 10.1. The first-order valence-corrected chi connectivity index (χ1v) is 8.32. The van der Waals surface area contributed by atoms with Gasteiger partial charge < -0.3 is 10.1 Å². The fourth-order valence-electron chi connectivity index (χ4n) is 2.19. The van der Waals surface area contributed by atoms with Crippen molar-refractivity contribution in [3.63, 3.8) is 0 Å². The van der Waals surface area contributed by atoms with E-state index in [0.717, 1.165) is 11.3 Å². The number of aryl methyl sites for hydroxylation is 2. The van der Waals surface area contributed by atoms with Gasteiger partial charge in [-0.05, 0) is 44.5 Å². The Bertz CT molecular complexity index is 799. The fraction of sp³-hybridized carbons (Fsp3) is 0.278. The number of methoxy groups -OCH3 is 1. The molecule has 0 fully saturated rings. The molecule has 1 aromatic heterocycles. The highest BCUT2D eigenvalue weighted by molar-refractivity contribution is 8.00. The normalized spacial score (nSPS) is 11.5. The highest BCUT2D eigenvalue weighted by Crippen LogP contribution is 2.28. The average Bonchev–Trinajstić information content (AvgIpc) is 2.54. The molecular formula is C18H19N3O2S. The van der Waals surface area contributed by atoms with Crippen LogP contribution in [-0.2, 0) is 4.79 Å². The zero-order valence-corrected chi connectivity index (χ0v) is 14.9. The van der Waals surface area contributed by atoms with Gasteiger partial charge in [0.15, 0.2) is 0 Å². The molecule has 6 heteroatoms. The van der Waals surface area contributed by atoms with Crippen LogP contribution in [0, 0.1) is 25.2 Å². The number of anilines is 1. The number of pyridine rings is 1. The van der Waals surface area contributed by atoms with Crippen LogP contribution >= 0.6 is 11.8 Å². The third kappa shape index (κ3) is 4.27. The highest BCUT2D eigenvalue weighted by atomic mass is 32.2. The number of amides is 1. The summed E-state index contributed by atoms with van der Waals surface area (Å²) in [6.45, 7) is 5.54. The third-order valence-electron chi connectivity index (χ3n) is 3.42. The van der Waals surface area contributed by atoms with Crippen LogP contribution in [0.3, 0.4) is 0 Å². The van der Waals surface area contributed by atoms with Gasteiger partial charge in [-0.25, -0.2) is 4.98 Å². The third-order valence-corrected chi connectivity index (χ3v) is 4.50. The first-order valence-electron chi connectivity index (χ1n) is 7.44. The average molecular weight is 341 g/mol. The van der Waals surface area contributed by atoms with E-state index in [1.54, 1.807) is 26.2 Å². The number of rotatable bonds is 5. The number of aromatic nitrogens is 1. The first kappa shape index (κ1) is 17.8. The zero-order valence-electron chi connectivity index (χ0n) is 14.1. The molecule has 1 amide bonds. The predicted octanol–water partition coefficient (Wildman–Crippen LogP) is 3.70. The van der Waals surface area contributed by atoms with Gasteiger partial charge in [-0.1, -0.05) is 17.8 Å². The summed E-state index contributed by atoms with van der Waals surface area (Å²) < 4.78 is 5.15. The van der Waals surface area contributed by atoms with Gasteiger partial charge in [-0.15, -0.1) is 0 Å². The second-order valence-electron chi connectivity index (χ2n) is 5.35. The summed E-state index contributed by atoms with van der Waals surface area (Å²) in [5, 5.41) is 12.4. The smallest absolute Gasteiger partial charge is 0.237 e. The van der Waals surface area contributed by atoms with E-state index in [2.05, 4.69) is 16.4 Å². The molecule has 1 heterocycles. The molecule has 1 aromatic carbocycles. The van der Waals surface area contributed by atoms with E-state index < -0.39 is 5.25 Å². The van der Waals surface area contributed by atoms with Crippen molar-refractivity contribution in [2.75, 3.05) is 12.4 Å². The Balaban J connectivity index is 2.13. The fourth-order valence-corrected chi connectivity index (χ4v) is 3.21. The van der Waals surface area contributed by atoms with Crippen molar-refractivity contribution >= 4 is 23.4 Å². The number of nitrogens with one attached hydrogen (secondary N) is 1. The minimum absolute atomic E-state index is 0.155. The number of hydrogen-bond donors (Lipinski definition) is 1. The predicted molar refractivity (Wildman–Crippen MR) is 95.4 cm³/mol. The molecule has 0 aliphatic carbocycles. The van der Waals surface area contributed by atoms with Crippen molar-refractivity contribution in [2.24, 2.45) is 0 Å². The molecule has 0 spiro atoms. The molecule has 0 aliphatic heterocycles. The molecule has 0 saturated heterocycles. The SMILES string of the molecule is COc1cccc(NC(=O)[C@H](C)Sc2nc(C)cc(C)c2C#N)c1. The molecule has 1 N–H and O–H groups in total. The van der Waals surface area contributed by atoms with Crippen molar-refractivity contribution in [1.29, 1.82) is 5.26 Å². The number of thioether (sulfide) groups is 1. The van der Waals surface area contributed by atoms with Gasteiger partial charge in [0.2, 0.25) is 5.91 Å². The molecule has 0 aliphatic rings. The van der Waals surface area contributed by atoms with Gasteiger partial charge in [0.25, 0.3) is 0 Å². The Kier molecular flexibility index (Phi) is 5.83. The largest absolute Gasteiger partial charge is 0.497 e. The Morgan fingerprint density at radius 1 is 1.38 bits per heavy atom. The topological polar surface area (TPSA) is 75.0 Å². The Morgan fingerprint density at radius 2 is 2.12 bits per heavy atom. The lowest BCUT2D eigenvalue weighted by Crippen LogP contribution is -2.22. The number of nitriles is 1. The number of ether oxygens (including phenoxy) is 1. The summed E-state index contributed by atoms with van der Waals surface area (Å²) >= 11 is 1.28. The number of carbonyl (C=O) groups excluding carboxylic acids is 1. The molecule has 124 valence electrons. The molecule has 0 bridgehead atoms. The summed E-state index contributed by atoms with van der Waals surface area (Å²) in [7, 11) is 1.58. The number of nitrogens with zero attached hydrogens (tertiary/aromatic N) is 2. The van der Waals surface area contributed by atoms with Gasteiger partial charge in [-0.2, -0.15) is 5.26 Å². The summed E-state index contributed by atoms with van der Waals surface area (Å²) in [6, 6.07) is 11.2. The van der Waals surface area contributed by atoms with Crippen molar-refractivity contribution in [3.05, 3.63) is 47.2 Å². The van der Waals surface area contributed by atoms with E-state index in [1.165, 1.54) is 11.8 Å². The van der Waals surface area contributed by atoms with Gasteiger partial charge >= 0.3 is 0 Å². The molecule has 2 aromatic rings. The number of hydrogen-bond acceptors (Lipinski definition) is 5. The lowest BCUT2D eigenvalue weighted by molar-refractivity contribution is -0.115. The van der Waals surface area contributed by atoms with Crippen molar-refractivity contribution in [2.45, 2.75) is 31.0 Å². The first-order chi connectivity index (χ1) is 11.4. The zero-order chi connectivity index (χ0) is 17.7. The van der Waals surface area contributed by atoms with Gasteiger partial charge in [0.1, 0.15) is 16.8 Å². The molecular weight excluding hydrogens is 322 g/mol. The van der Waals surface area contributed by atoms with Crippen LogP contribution in [0.15, 0.2) is 35.4 Å². The van der Waals surface area contributed by atoms with Gasteiger partial charge in [-0.3, -0.25) is 4.79 Å². The molecule has 2 rings (SSSR count). The van der Waals surface area contributed by atoms with Crippen LogP contribution < -0.4 is 10.1 Å². The molecule has 0 saturated carbocycles. The van der Waals surface area contributed by atoms with E-state index >= 15 is 0 Å². The summed E-state index contributed by atoms with van der Waals surface area (Å²) in [5.74, 6) is 0.522. The van der Waals surface area contributed by atoms with Crippen molar-refractivity contribution in [3.8, 4) is 11.8 Å². The van der Waals surface area contributed by atoms with Crippen LogP contribution in [-0.4, -0.2) is 23.3 Å². The molecule has 24 heavy (non-hydrogen) atoms. The maximum atomic E-state index is 12.4. The van der Waals surface area contributed by atoms with Gasteiger partial charge in [0.05, 0.1) is 17.9 Å². The maximum absolute atomic E-state index is 12.4. The molecule has 0 radical (unpaired) electrons. The molecule has 1 atom stereocenters. The maximum Gasteiger partial charge on any atom is 0.237 e. The summed E-state index contributed by atoms with van der Waals surface area (Å²) in [6.07, 6.45) is 0. The van der Waals surface area contributed by atoms with Crippen molar-refractivity contribution < 1.29 is 9.53 Å². The van der Waals surface area contributed by atoms with E-state index in [-0.39, 0.29) is 5.91 Å². The Hall–Kier alpha value is -2.52. The van der Waals surface area contributed by atoms with E-state index in [0.29, 0.717) is 22.0 Å². The van der Waals surface area contributed by atoms with Crippen LogP contribution in [0.2, 0.25) is 0 Å². The van der Waals surface area contributed by atoms with E-state index in [4.69, 9.17) is 4.74 Å². The Morgan fingerprint density at radius 3 is 2.79 bits per heavy atom.